The maximum atomic E-state index is 12.3. The van der Waals surface area contributed by atoms with E-state index in [2.05, 4.69) is 5.32 Å². The zero-order valence-electron chi connectivity index (χ0n) is 14.5. The largest absolute Gasteiger partial charge is 0.444 e. The van der Waals surface area contributed by atoms with Crippen molar-refractivity contribution < 1.29 is 19.4 Å². The van der Waals surface area contributed by atoms with E-state index in [1.165, 1.54) is 0 Å². The number of ether oxygens (including phenoxy) is 1. The van der Waals surface area contributed by atoms with Gasteiger partial charge in [-0.15, -0.1) is 0 Å². The molecule has 2 heterocycles. The van der Waals surface area contributed by atoms with Crippen molar-refractivity contribution in [3.63, 3.8) is 0 Å². The predicted octanol–water partition coefficient (Wildman–Crippen LogP) is 1.71. The molecule has 2 aliphatic heterocycles. The van der Waals surface area contributed by atoms with Crippen LogP contribution in [0, 0.1) is 5.92 Å². The number of aliphatic hydroxyl groups is 1. The van der Waals surface area contributed by atoms with E-state index in [4.69, 9.17) is 4.74 Å². The average Bonchev–Trinajstić information content (AvgIpc) is 2.46. The van der Waals surface area contributed by atoms with E-state index < -0.39 is 5.60 Å². The van der Waals surface area contributed by atoms with Crippen LogP contribution in [0.4, 0.5) is 4.79 Å². The molecule has 6 heteroatoms. The van der Waals surface area contributed by atoms with E-state index >= 15 is 0 Å². The number of carbonyl (C=O) groups is 2. The summed E-state index contributed by atoms with van der Waals surface area (Å²) in [6.45, 7) is 7.42. The highest BCUT2D eigenvalue weighted by Crippen LogP contribution is 2.24. The molecule has 0 saturated carbocycles. The monoisotopic (exact) mass is 326 g/mol. The highest BCUT2D eigenvalue weighted by molar-refractivity contribution is 5.84. The minimum atomic E-state index is -0.471. The van der Waals surface area contributed by atoms with E-state index in [-0.39, 0.29) is 24.0 Å². The first kappa shape index (κ1) is 18.2. The molecule has 0 aromatic heterocycles. The Hall–Kier alpha value is -1.14. The minimum Gasteiger partial charge on any atom is -0.444 e. The summed E-state index contributed by atoms with van der Waals surface area (Å²) in [5, 5.41) is 12.6. The van der Waals surface area contributed by atoms with E-state index in [0.29, 0.717) is 38.4 Å². The van der Waals surface area contributed by atoms with Crippen LogP contribution in [0.25, 0.3) is 0 Å². The third-order valence-corrected chi connectivity index (χ3v) is 4.53. The highest BCUT2D eigenvalue weighted by Gasteiger charge is 2.30. The third kappa shape index (κ3) is 5.77. The fourth-order valence-corrected chi connectivity index (χ4v) is 3.19. The molecule has 0 aromatic carbocycles. The molecule has 2 rings (SSSR count). The lowest BCUT2D eigenvalue weighted by Crippen LogP contribution is -2.47. The number of piperidine rings is 2. The molecule has 1 amide bonds. The van der Waals surface area contributed by atoms with Gasteiger partial charge in [0.1, 0.15) is 11.4 Å². The van der Waals surface area contributed by atoms with Crippen molar-refractivity contribution in [3.05, 3.63) is 0 Å². The standard InChI is InChI=1S/C17H30N2O4/c1-17(2,3)23-16(22)19-8-6-12(7-9-19)10-15(21)14-5-4-13(20)11-18-14/h12-14,18,20H,4-11H2,1-3H3/t13-,14?/m0/s1. The molecule has 2 atom stereocenters. The van der Waals surface area contributed by atoms with Crippen LogP contribution in [0.3, 0.4) is 0 Å². The number of Topliss-reactive ketones (excluding diaryl/α,β-unsaturated/α-hetero) is 1. The molecule has 2 saturated heterocycles. The quantitative estimate of drug-likeness (QED) is 0.825. The van der Waals surface area contributed by atoms with Crippen LogP contribution in [0.5, 0.6) is 0 Å². The summed E-state index contributed by atoms with van der Waals surface area (Å²) in [7, 11) is 0. The Bertz CT molecular complexity index is 417. The molecule has 23 heavy (non-hydrogen) atoms. The van der Waals surface area contributed by atoms with Gasteiger partial charge in [-0.1, -0.05) is 0 Å². The molecular formula is C17H30N2O4. The number of ketones is 1. The van der Waals surface area contributed by atoms with Gasteiger partial charge >= 0.3 is 6.09 Å². The number of rotatable bonds is 3. The van der Waals surface area contributed by atoms with Crippen LogP contribution >= 0.6 is 0 Å². The van der Waals surface area contributed by atoms with Gasteiger partial charge in [0, 0.05) is 26.1 Å². The van der Waals surface area contributed by atoms with Gasteiger partial charge in [0.15, 0.2) is 0 Å². The van der Waals surface area contributed by atoms with Gasteiger partial charge in [0.05, 0.1) is 12.1 Å². The second-order valence-corrected chi connectivity index (χ2v) is 7.77. The number of β-amino-alcohol motifs (C(OH)–C–C–N with tert-alkyl or cyclic N) is 1. The maximum Gasteiger partial charge on any atom is 0.410 e. The van der Waals surface area contributed by atoms with Crippen molar-refractivity contribution in [1.82, 2.24) is 10.2 Å². The van der Waals surface area contributed by atoms with Crippen LogP contribution in [0.1, 0.15) is 52.9 Å². The Morgan fingerprint density at radius 2 is 1.83 bits per heavy atom. The molecule has 6 nitrogen and oxygen atoms in total. The Morgan fingerprint density at radius 3 is 2.35 bits per heavy atom. The fraction of sp³-hybridized carbons (Fsp3) is 0.882. The smallest absolute Gasteiger partial charge is 0.410 e. The fourth-order valence-electron chi connectivity index (χ4n) is 3.19. The summed E-state index contributed by atoms with van der Waals surface area (Å²) in [6.07, 6.45) is 3.09. The van der Waals surface area contributed by atoms with Crippen molar-refractivity contribution in [2.45, 2.75) is 70.6 Å². The van der Waals surface area contributed by atoms with E-state index in [0.717, 1.165) is 19.3 Å². The molecule has 2 N–H and O–H groups in total. The van der Waals surface area contributed by atoms with Crippen molar-refractivity contribution in [2.75, 3.05) is 19.6 Å². The predicted molar refractivity (Wildman–Crippen MR) is 87.2 cm³/mol. The second-order valence-electron chi connectivity index (χ2n) is 7.77. The number of nitrogens with one attached hydrogen (secondary N) is 1. The lowest BCUT2D eigenvalue weighted by Gasteiger charge is -2.34. The van der Waals surface area contributed by atoms with Gasteiger partial charge in [0.25, 0.3) is 0 Å². The lowest BCUT2D eigenvalue weighted by atomic mass is 9.88. The zero-order chi connectivity index (χ0) is 17.0. The third-order valence-electron chi connectivity index (χ3n) is 4.53. The van der Waals surface area contributed by atoms with Gasteiger partial charge in [-0.25, -0.2) is 4.79 Å². The molecule has 2 fully saturated rings. The van der Waals surface area contributed by atoms with Gasteiger partial charge in [0.2, 0.25) is 0 Å². The van der Waals surface area contributed by atoms with Crippen LogP contribution in [-0.2, 0) is 9.53 Å². The number of hydrogen-bond acceptors (Lipinski definition) is 5. The number of nitrogens with zero attached hydrogens (tertiary/aromatic N) is 1. The van der Waals surface area contributed by atoms with Crippen molar-refractivity contribution in [3.8, 4) is 0 Å². The first-order valence-electron chi connectivity index (χ1n) is 8.66. The zero-order valence-corrected chi connectivity index (χ0v) is 14.5. The van der Waals surface area contributed by atoms with Gasteiger partial charge < -0.3 is 20.1 Å². The van der Waals surface area contributed by atoms with Crippen molar-refractivity contribution >= 4 is 11.9 Å². The Morgan fingerprint density at radius 1 is 1.17 bits per heavy atom. The molecule has 0 aromatic rings. The minimum absolute atomic E-state index is 0.109. The Balaban J connectivity index is 1.72. The molecule has 1 unspecified atom stereocenters. The maximum absolute atomic E-state index is 12.3. The van der Waals surface area contributed by atoms with Crippen molar-refractivity contribution in [2.24, 2.45) is 5.92 Å². The Kier molecular flexibility index (Phi) is 6.03. The van der Waals surface area contributed by atoms with E-state index in [1.807, 2.05) is 20.8 Å². The number of amides is 1. The van der Waals surface area contributed by atoms with E-state index in [1.54, 1.807) is 4.90 Å². The topological polar surface area (TPSA) is 78.9 Å². The second kappa shape index (κ2) is 7.62. The average molecular weight is 326 g/mol. The first-order chi connectivity index (χ1) is 10.7. The van der Waals surface area contributed by atoms with Crippen LogP contribution in [-0.4, -0.2) is 59.3 Å². The number of likely N-dealkylation sites (tertiary alicyclic amines) is 1. The summed E-state index contributed by atoms with van der Waals surface area (Å²) < 4.78 is 5.39. The lowest BCUT2D eigenvalue weighted by molar-refractivity contribution is -0.123. The van der Waals surface area contributed by atoms with Crippen molar-refractivity contribution in [1.29, 1.82) is 0 Å². The SMILES string of the molecule is CC(C)(C)OC(=O)N1CCC(CC(=O)C2CC[C@H](O)CN2)CC1. The summed E-state index contributed by atoms with van der Waals surface area (Å²) in [5.41, 5.74) is -0.471. The summed E-state index contributed by atoms with van der Waals surface area (Å²) >= 11 is 0. The Labute approximate surface area is 138 Å². The molecular weight excluding hydrogens is 296 g/mol. The number of carbonyl (C=O) groups excluding carboxylic acids is 2. The van der Waals surface area contributed by atoms with Crippen LogP contribution < -0.4 is 5.32 Å². The molecule has 0 spiro atoms. The van der Waals surface area contributed by atoms with Gasteiger partial charge in [-0.2, -0.15) is 0 Å². The van der Waals surface area contributed by atoms with Crippen LogP contribution in [0.15, 0.2) is 0 Å². The van der Waals surface area contributed by atoms with Gasteiger partial charge in [-0.3, -0.25) is 4.79 Å². The summed E-state index contributed by atoms with van der Waals surface area (Å²) in [6, 6.07) is -0.109. The summed E-state index contributed by atoms with van der Waals surface area (Å²) in [4.78, 5) is 26.1. The molecule has 132 valence electrons. The highest BCUT2D eigenvalue weighted by atomic mass is 16.6. The number of aliphatic hydroxyl groups excluding tert-OH is 1. The van der Waals surface area contributed by atoms with Gasteiger partial charge in [-0.05, 0) is 52.4 Å². The summed E-state index contributed by atoms with van der Waals surface area (Å²) in [5.74, 6) is 0.586. The number of hydrogen-bond donors (Lipinski definition) is 2. The van der Waals surface area contributed by atoms with Crippen LogP contribution in [0.2, 0.25) is 0 Å². The molecule has 0 radical (unpaired) electrons. The first-order valence-corrected chi connectivity index (χ1v) is 8.66. The normalized spacial score (nSPS) is 26.9. The van der Waals surface area contributed by atoms with E-state index in [9.17, 15) is 14.7 Å². The molecule has 0 aliphatic carbocycles. The molecule has 0 bridgehead atoms. The molecule has 2 aliphatic rings.